The van der Waals surface area contributed by atoms with Crippen LogP contribution in [0.1, 0.15) is 45.4 Å². The Kier molecular flexibility index (Phi) is 4.00. The highest BCUT2D eigenvalue weighted by Gasteiger charge is 2.15. The van der Waals surface area contributed by atoms with Crippen LogP contribution in [0.4, 0.5) is 0 Å². The van der Waals surface area contributed by atoms with Crippen LogP contribution in [0, 0.1) is 5.92 Å². The molecule has 1 aliphatic carbocycles. The molecule has 0 N–H and O–H groups in total. The molecule has 1 saturated carbocycles. The molecule has 2 heteroatoms. The van der Waals surface area contributed by atoms with Crippen molar-refractivity contribution in [1.29, 1.82) is 0 Å². The number of allylic oxidation sites excluding steroid dienone is 1. The van der Waals surface area contributed by atoms with Crippen LogP contribution < -0.4 is 0 Å². The van der Waals surface area contributed by atoms with Crippen LogP contribution in [-0.2, 0) is 9.53 Å². The van der Waals surface area contributed by atoms with Crippen molar-refractivity contribution in [2.24, 2.45) is 5.92 Å². The van der Waals surface area contributed by atoms with Crippen molar-refractivity contribution >= 4 is 5.97 Å². The first-order valence-electron chi connectivity index (χ1n) is 5.04. The Morgan fingerprint density at radius 3 is 2.54 bits per heavy atom. The van der Waals surface area contributed by atoms with Crippen LogP contribution in [0.25, 0.3) is 0 Å². The van der Waals surface area contributed by atoms with Crippen LogP contribution in [-0.4, -0.2) is 5.97 Å². The van der Waals surface area contributed by atoms with Gasteiger partial charge in [-0.25, -0.2) is 0 Å². The third kappa shape index (κ3) is 4.11. The Morgan fingerprint density at radius 1 is 1.38 bits per heavy atom. The lowest BCUT2D eigenvalue weighted by Crippen LogP contribution is -2.09. The molecule has 13 heavy (non-hydrogen) atoms. The predicted molar refractivity (Wildman–Crippen MR) is 52.1 cm³/mol. The normalized spacial score (nSPS) is 18.2. The van der Waals surface area contributed by atoms with Gasteiger partial charge in [0.25, 0.3) is 0 Å². The van der Waals surface area contributed by atoms with Gasteiger partial charge in [-0.3, -0.25) is 4.79 Å². The van der Waals surface area contributed by atoms with Crippen molar-refractivity contribution in [2.45, 2.75) is 45.4 Å². The SMILES string of the molecule is C=C(CC1CCCCC1)OC(C)=O. The largest absolute Gasteiger partial charge is 0.432 e. The third-order valence-electron chi connectivity index (χ3n) is 2.53. The Morgan fingerprint density at radius 2 is 2.00 bits per heavy atom. The highest BCUT2D eigenvalue weighted by atomic mass is 16.5. The van der Waals surface area contributed by atoms with Gasteiger partial charge in [0.2, 0.25) is 0 Å². The maximum absolute atomic E-state index is 10.6. The van der Waals surface area contributed by atoms with Crippen LogP contribution >= 0.6 is 0 Å². The van der Waals surface area contributed by atoms with E-state index >= 15 is 0 Å². The van der Waals surface area contributed by atoms with E-state index < -0.39 is 0 Å². The summed E-state index contributed by atoms with van der Waals surface area (Å²) in [7, 11) is 0. The minimum absolute atomic E-state index is 0.249. The summed E-state index contributed by atoms with van der Waals surface area (Å²) >= 11 is 0. The van der Waals surface area contributed by atoms with Gasteiger partial charge in [0, 0.05) is 13.3 Å². The quantitative estimate of drug-likeness (QED) is 0.495. The maximum atomic E-state index is 10.6. The fourth-order valence-electron chi connectivity index (χ4n) is 1.96. The summed E-state index contributed by atoms with van der Waals surface area (Å²) in [6, 6.07) is 0. The first-order chi connectivity index (χ1) is 6.18. The molecule has 0 aromatic rings. The second-order valence-electron chi connectivity index (χ2n) is 3.84. The minimum Gasteiger partial charge on any atom is -0.432 e. The fraction of sp³-hybridized carbons (Fsp3) is 0.727. The molecule has 0 heterocycles. The topological polar surface area (TPSA) is 26.3 Å². The Hall–Kier alpha value is -0.790. The molecule has 1 aliphatic rings. The maximum Gasteiger partial charge on any atom is 0.307 e. The van der Waals surface area contributed by atoms with E-state index in [0.717, 1.165) is 6.42 Å². The summed E-state index contributed by atoms with van der Waals surface area (Å²) in [6.07, 6.45) is 7.38. The van der Waals surface area contributed by atoms with E-state index in [1.54, 1.807) is 0 Å². The van der Waals surface area contributed by atoms with Crippen LogP contribution in [0.15, 0.2) is 12.3 Å². The number of carbonyl (C=O) groups excluding carboxylic acids is 1. The molecule has 0 bridgehead atoms. The van der Waals surface area contributed by atoms with Gasteiger partial charge in [-0.15, -0.1) is 0 Å². The van der Waals surface area contributed by atoms with Gasteiger partial charge in [0.15, 0.2) is 0 Å². The molecule has 0 atom stereocenters. The van der Waals surface area contributed by atoms with Crippen LogP contribution in [0.3, 0.4) is 0 Å². The monoisotopic (exact) mass is 182 g/mol. The van der Waals surface area contributed by atoms with Crippen molar-refractivity contribution < 1.29 is 9.53 Å². The Labute approximate surface area is 80.0 Å². The van der Waals surface area contributed by atoms with E-state index in [0.29, 0.717) is 11.7 Å². The summed E-state index contributed by atoms with van der Waals surface area (Å²) in [4.78, 5) is 10.6. The van der Waals surface area contributed by atoms with Gasteiger partial charge in [0.05, 0.1) is 0 Å². The van der Waals surface area contributed by atoms with Crippen molar-refractivity contribution in [1.82, 2.24) is 0 Å². The molecular weight excluding hydrogens is 164 g/mol. The zero-order chi connectivity index (χ0) is 9.68. The summed E-state index contributed by atoms with van der Waals surface area (Å²) in [6.45, 7) is 5.17. The molecule has 0 aromatic heterocycles. The van der Waals surface area contributed by atoms with Crippen LogP contribution in [0.5, 0.6) is 0 Å². The van der Waals surface area contributed by atoms with Crippen molar-refractivity contribution in [2.75, 3.05) is 0 Å². The van der Waals surface area contributed by atoms with Crippen molar-refractivity contribution in [3.63, 3.8) is 0 Å². The number of carbonyl (C=O) groups is 1. The third-order valence-corrected chi connectivity index (χ3v) is 2.53. The van der Waals surface area contributed by atoms with E-state index in [-0.39, 0.29) is 5.97 Å². The van der Waals surface area contributed by atoms with Gasteiger partial charge in [-0.05, 0) is 5.92 Å². The standard InChI is InChI=1S/C11H18O2/c1-9(13-10(2)12)8-11-6-4-3-5-7-11/h11H,1,3-8H2,2H3. The summed E-state index contributed by atoms with van der Waals surface area (Å²) in [5.41, 5.74) is 0. The number of rotatable bonds is 3. The van der Waals surface area contributed by atoms with E-state index in [1.165, 1.54) is 39.0 Å². The van der Waals surface area contributed by atoms with Gasteiger partial charge in [0.1, 0.15) is 5.76 Å². The summed E-state index contributed by atoms with van der Waals surface area (Å²) in [5, 5.41) is 0. The van der Waals surface area contributed by atoms with Gasteiger partial charge < -0.3 is 4.74 Å². The van der Waals surface area contributed by atoms with Crippen molar-refractivity contribution in [3.05, 3.63) is 12.3 Å². The van der Waals surface area contributed by atoms with E-state index in [1.807, 2.05) is 0 Å². The lowest BCUT2D eigenvalue weighted by atomic mass is 9.87. The molecule has 0 spiro atoms. The first kappa shape index (κ1) is 10.3. The molecule has 0 radical (unpaired) electrons. The smallest absolute Gasteiger partial charge is 0.307 e. The molecule has 0 amide bonds. The lowest BCUT2D eigenvalue weighted by molar-refractivity contribution is -0.137. The fourth-order valence-corrected chi connectivity index (χ4v) is 1.96. The molecule has 2 nitrogen and oxygen atoms in total. The highest BCUT2D eigenvalue weighted by molar-refractivity contribution is 5.67. The van der Waals surface area contributed by atoms with Gasteiger partial charge >= 0.3 is 5.97 Å². The molecule has 0 unspecified atom stereocenters. The molecular formula is C11H18O2. The number of hydrogen-bond acceptors (Lipinski definition) is 2. The molecule has 0 aromatic carbocycles. The van der Waals surface area contributed by atoms with Crippen LogP contribution in [0.2, 0.25) is 0 Å². The minimum atomic E-state index is -0.249. The van der Waals surface area contributed by atoms with Gasteiger partial charge in [-0.2, -0.15) is 0 Å². The second-order valence-corrected chi connectivity index (χ2v) is 3.84. The molecule has 1 rings (SSSR count). The summed E-state index contributed by atoms with van der Waals surface area (Å²) < 4.78 is 4.92. The molecule has 0 aliphatic heterocycles. The van der Waals surface area contributed by atoms with Crippen molar-refractivity contribution in [3.8, 4) is 0 Å². The second kappa shape index (κ2) is 5.05. The average Bonchev–Trinajstić information content (AvgIpc) is 2.04. The summed E-state index contributed by atoms with van der Waals surface area (Å²) in [5.74, 6) is 1.08. The van der Waals surface area contributed by atoms with E-state index in [4.69, 9.17) is 4.74 Å². The molecule has 0 saturated heterocycles. The average molecular weight is 182 g/mol. The molecule has 1 fully saturated rings. The molecule has 74 valence electrons. The lowest BCUT2D eigenvalue weighted by Gasteiger charge is -2.21. The Balaban J connectivity index is 2.22. The highest BCUT2D eigenvalue weighted by Crippen LogP contribution is 2.28. The predicted octanol–water partition coefficient (Wildman–Crippen LogP) is 3.03. The zero-order valence-electron chi connectivity index (χ0n) is 8.34. The number of esters is 1. The van der Waals surface area contributed by atoms with Gasteiger partial charge in [-0.1, -0.05) is 38.7 Å². The van der Waals surface area contributed by atoms with E-state index in [9.17, 15) is 4.79 Å². The number of ether oxygens (including phenoxy) is 1. The zero-order valence-corrected chi connectivity index (χ0v) is 8.34. The van der Waals surface area contributed by atoms with E-state index in [2.05, 4.69) is 6.58 Å². The Bertz CT molecular complexity index is 190. The first-order valence-corrected chi connectivity index (χ1v) is 5.04. The number of hydrogen-bond donors (Lipinski definition) is 0.